The second-order valence-electron chi connectivity index (χ2n) is 6.67. The zero-order valence-electron chi connectivity index (χ0n) is 15.3. The highest BCUT2D eigenvalue weighted by Crippen LogP contribution is 2.36. The monoisotopic (exact) mass is 409 g/mol. The normalized spacial score (nSPS) is 11.1. The molecule has 0 aliphatic rings. The van der Waals surface area contributed by atoms with Crippen molar-refractivity contribution in [1.29, 1.82) is 0 Å². The molecule has 0 saturated heterocycles. The van der Waals surface area contributed by atoms with Crippen molar-refractivity contribution in [2.24, 2.45) is 0 Å². The number of amides is 1. The molecule has 0 atom stereocenters. The largest absolute Gasteiger partial charge is 0.452 e. The summed E-state index contributed by atoms with van der Waals surface area (Å²) in [7, 11) is 0. The lowest BCUT2D eigenvalue weighted by atomic mass is 10.1. The molecule has 10 heteroatoms. The maximum absolute atomic E-state index is 12.1. The molecule has 0 saturated carbocycles. The van der Waals surface area contributed by atoms with Crippen molar-refractivity contribution >= 4 is 40.7 Å². The molecule has 27 heavy (non-hydrogen) atoms. The summed E-state index contributed by atoms with van der Waals surface area (Å²) in [5.41, 5.74) is 0.167. The van der Waals surface area contributed by atoms with Gasteiger partial charge in [-0.3, -0.25) is 14.9 Å². The van der Waals surface area contributed by atoms with Crippen LogP contribution in [0.3, 0.4) is 0 Å². The van der Waals surface area contributed by atoms with Gasteiger partial charge in [0.1, 0.15) is 0 Å². The Balaban J connectivity index is 2.11. The number of carbonyl (C=O) groups excluding carboxylic acids is 2. The minimum Gasteiger partial charge on any atom is -0.452 e. The number of hydrogen-bond donors (Lipinski definition) is 1. The minimum atomic E-state index is -0.802. The molecule has 2 aromatic rings. The summed E-state index contributed by atoms with van der Waals surface area (Å²) in [6.45, 7) is 6.78. The molecule has 1 heterocycles. The van der Waals surface area contributed by atoms with E-state index >= 15 is 0 Å². The van der Waals surface area contributed by atoms with E-state index in [-0.39, 0.29) is 11.3 Å². The Morgan fingerprint density at radius 1 is 1.37 bits per heavy atom. The standard InChI is InChI=1S/C17H19N3O5S2/c1-10-9-26-16(18-10)27-13-6-5-11(7-12(13)20(23)24)15(22)25-8-14(21)19-17(2,3)4/h5-7,9H,8H2,1-4H3,(H,19,21). The molecule has 1 amide bonds. The minimum absolute atomic E-state index is 0.00456. The van der Waals surface area contributed by atoms with Gasteiger partial charge in [-0.2, -0.15) is 0 Å². The van der Waals surface area contributed by atoms with Crippen LogP contribution in [-0.2, 0) is 9.53 Å². The number of nitro benzene ring substituents is 1. The summed E-state index contributed by atoms with van der Waals surface area (Å²) in [6.07, 6.45) is 0. The first kappa shape index (κ1) is 20.8. The molecular formula is C17H19N3O5S2. The first-order chi connectivity index (χ1) is 12.5. The van der Waals surface area contributed by atoms with Crippen molar-refractivity contribution < 1.29 is 19.2 Å². The maximum Gasteiger partial charge on any atom is 0.338 e. The summed E-state index contributed by atoms with van der Waals surface area (Å²) >= 11 is 2.54. The van der Waals surface area contributed by atoms with Gasteiger partial charge in [-0.25, -0.2) is 9.78 Å². The van der Waals surface area contributed by atoms with E-state index in [1.807, 2.05) is 12.3 Å². The van der Waals surface area contributed by atoms with Gasteiger partial charge in [0.15, 0.2) is 10.9 Å². The lowest BCUT2D eigenvalue weighted by molar-refractivity contribution is -0.387. The lowest BCUT2D eigenvalue weighted by Gasteiger charge is -2.20. The molecular weight excluding hydrogens is 390 g/mol. The van der Waals surface area contributed by atoms with E-state index in [1.165, 1.54) is 23.5 Å². The van der Waals surface area contributed by atoms with Gasteiger partial charge in [-0.05, 0) is 39.8 Å². The molecule has 8 nitrogen and oxygen atoms in total. The van der Waals surface area contributed by atoms with Crippen LogP contribution in [0.2, 0.25) is 0 Å². The van der Waals surface area contributed by atoms with Crippen LogP contribution in [0.1, 0.15) is 36.8 Å². The molecule has 1 aromatic heterocycles. The topological polar surface area (TPSA) is 111 Å². The smallest absolute Gasteiger partial charge is 0.338 e. The number of benzene rings is 1. The average Bonchev–Trinajstić information content (AvgIpc) is 2.96. The van der Waals surface area contributed by atoms with Gasteiger partial charge in [0.25, 0.3) is 11.6 Å². The number of nitro groups is 1. The summed E-state index contributed by atoms with van der Waals surface area (Å²) in [5.74, 6) is -1.25. The average molecular weight is 409 g/mol. The summed E-state index contributed by atoms with van der Waals surface area (Å²) in [5, 5.41) is 15.9. The van der Waals surface area contributed by atoms with E-state index in [1.54, 1.807) is 20.8 Å². The fourth-order valence-corrected chi connectivity index (χ4v) is 3.89. The molecule has 0 aliphatic heterocycles. The Kier molecular flexibility index (Phi) is 6.55. The Morgan fingerprint density at radius 2 is 2.07 bits per heavy atom. The van der Waals surface area contributed by atoms with E-state index in [4.69, 9.17) is 4.74 Å². The van der Waals surface area contributed by atoms with Crippen LogP contribution in [0.15, 0.2) is 32.8 Å². The number of carbonyl (C=O) groups is 2. The van der Waals surface area contributed by atoms with E-state index in [2.05, 4.69) is 10.3 Å². The molecule has 0 spiro atoms. The van der Waals surface area contributed by atoms with E-state index < -0.39 is 28.9 Å². The predicted molar refractivity (Wildman–Crippen MR) is 102 cm³/mol. The van der Waals surface area contributed by atoms with Crippen molar-refractivity contribution in [3.63, 3.8) is 0 Å². The molecule has 1 N–H and O–H groups in total. The van der Waals surface area contributed by atoms with Gasteiger partial charge in [0.05, 0.1) is 15.4 Å². The Morgan fingerprint density at radius 3 is 2.63 bits per heavy atom. The first-order valence-electron chi connectivity index (χ1n) is 7.92. The number of esters is 1. The highest BCUT2D eigenvalue weighted by Gasteiger charge is 2.21. The van der Waals surface area contributed by atoms with Crippen molar-refractivity contribution in [1.82, 2.24) is 10.3 Å². The molecule has 0 aliphatic carbocycles. The van der Waals surface area contributed by atoms with Crippen molar-refractivity contribution in [3.05, 3.63) is 45.0 Å². The summed E-state index contributed by atoms with van der Waals surface area (Å²) in [6, 6.07) is 4.05. The molecule has 0 fully saturated rings. The van der Waals surface area contributed by atoms with Crippen LogP contribution in [0.25, 0.3) is 0 Å². The highest BCUT2D eigenvalue weighted by molar-refractivity contribution is 8.01. The summed E-state index contributed by atoms with van der Waals surface area (Å²) in [4.78, 5) is 39.3. The van der Waals surface area contributed by atoms with E-state index in [0.29, 0.717) is 9.24 Å². The quantitative estimate of drug-likeness (QED) is 0.441. The van der Waals surface area contributed by atoms with E-state index in [9.17, 15) is 19.7 Å². The van der Waals surface area contributed by atoms with Gasteiger partial charge in [0, 0.05) is 22.7 Å². The maximum atomic E-state index is 12.1. The molecule has 144 valence electrons. The number of aromatic nitrogens is 1. The lowest BCUT2D eigenvalue weighted by Crippen LogP contribution is -2.42. The number of nitrogens with one attached hydrogen (secondary N) is 1. The fourth-order valence-electron chi connectivity index (χ4n) is 2.02. The highest BCUT2D eigenvalue weighted by atomic mass is 32.2. The van der Waals surface area contributed by atoms with Crippen LogP contribution in [0.4, 0.5) is 5.69 Å². The molecule has 1 aromatic carbocycles. The number of ether oxygens (including phenoxy) is 1. The van der Waals surface area contributed by atoms with Crippen LogP contribution >= 0.6 is 23.1 Å². The summed E-state index contributed by atoms with van der Waals surface area (Å²) < 4.78 is 5.61. The third-order valence-corrected chi connectivity index (χ3v) is 5.16. The second kappa shape index (κ2) is 8.49. The van der Waals surface area contributed by atoms with Crippen LogP contribution in [0.5, 0.6) is 0 Å². The van der Waals surface area contributed by atoms with Gasteiger partial charge in [-0.1, -0.05) is 11.8 Å². The number of nitrogens with zero attached hydrogens (tertiary/aromatic N) is 2. The van der Waals surface area contributed by atoms with Crippen molar-refractivity contribution in [2.75, 3.05) is 6.61 Å². The molecule has 0 radical (unpaired) electrons. The molecule has 0 unspecified atom stereocenters. The zero-order chi connectivity index (χ0) is 20.2. The van der Waals surface area contributed by atoms with Crippen LogP contribution in [0, 0.1) is 17.0 Å². The van der Waals surface area contributed by atoms with Crippen LogP contribution in [-0.4, -0.2) is 33.9 Å². The van der Waals surface area contributed by atoms with Gasteiger partial charge in [-0.15, -0.1) is 11.3 Å². The van der Waals surface area contributed by atoms with Crippen molar-refractivity contribution in [2.45, 2.75) is 42.5 Å². The first-order valence-corrected chi connectivity index (χ1v) is 9.61. The molecule has 2 rings (SSSR count). The predicted octanol–water partition coefficient (Wildman–Crippen LogP) is 3.58. The second-order valence-corrected chi connectivity index (χ2v) is 8.82. The van der Waals surface area contributed by atoms with Crippen LogP contribution < -0.4 is 5.32 Å². The Hall–Kier alpha value is -2.46. The van der Waals surface area contributed by atoms with Gasteiger partial charge >= 0.3 is 5.97 Å². The number of hydrogen-bond acceptors (Lipinski definition) is 8. The van der Waals surface area contributed by atoms with E-state index in [0.717, 1.165) is 23.5 Å². The van der Waals surface area contributed by atoms with Gasteiger partial charge in [0.2, 0.25) is 0 Å². The number of rotatable bonds is 6. The fraction of sp³-hybridized carbons (Fsp3) is 0.353. The Labute approximate surface area is 164 Å². The van der Waals surface area contributed by atoms with Crippen molar-refractivity contribution in [3.8, 4) is 0 Å². The third kappa shape index (κ3) is 6.33. The zero-order valence-corrected chi connectivity index (χ0v) is 16.9. The SMILES string of the molecule is Cc1csc(Sc2ccc(C(=O)OCC(=O)NC(C)(C)C)cc2[N+](=O)[O-])n1. The number of thiazole rings is 1. The number of aryl methyl sites for hydroxylation is 1. The third-order valence-electron chi connectivity index (χ3n) is 3.04. The Bertz CT molecular complexity index is 874. The van der Waals surface area contributed by atoms with Gasteiger partial charge < -0.3 is 10.1 Å². The molecule has 0 bridgehead atoms.